The number of hydrogen-bond donors (Lipinski definition) is 1. The van der Waals surface area contributed by atoms with Crippen LogP contribution in [0.3, 0.4) is 0 Å². The van der Waals surface area contributed by atoms with Crippen molar-refractivity contribution in [1.82, 2.24) is 25.5 Å². The zero-order valence-electron chi connectivity index (χ0n) is 19.6. The predicted molar refractivity (Wildman–Crippen MR) is 126 cm³/mol. The second kappa shape index (κ2) is 9.88. The maximum atomic E-state index is 13.6. The Bertz CT molecular complexity index is 1280. The molecule has 0 spiro atoms. The molecule has 0 aliphatic rings. The maximum Gasteiger partial charge on any atom is 0.251 e. The van der Waals surface area contributed by atoms with Crippen molar-refractivity contribution in [2.24, 2.45) is 0 Å². The number of furan rings is 1. The summed E-state index contributed by atoms with van der Waals surface area (Å²) < 4.78 is 18.8. The van der Waals surface area contributed by atoms with Gasteiger partial charge < -0.3 is 9.73 Å². The van der Waals surface area contributed by atoms with Gasteiger partial charge in [0.15, 0.2) is 6.04 Å². The van der Waals surface area contributed by atoms with E-state index >= 15 is 0 Å². The number of anilines is 1. The van der Waals surface area contributed by atoms with Gasteiger partial charge in [-0.1, -0.05) is 18.2 Å². The van der Waals surface area contributed by atoms with Crippen molar-refractivity contribution in [3.8, 4) is 11.4 Å². The quantitative estimate of drug-likeness (QED) is 0.435. The highest BCUT2D eigenvalue weighted by molar-refractivity contribution is 6.01. The molecule has 0 saturated carbocycles. The van der Waals surface area contributed by atoms with Crippen molar-refractivity contribution >= 4 is 17.5 Å². The van der Waals surface area contributed by atoms with E-state index in [1.807, 2.05) is 26.8 Å². The molecule has 2 heterocycles. The minimum Gasteiger partial charge on any atom is -0.467 e. The first-order chi connectivity index (χ1) is 16.7. The molecule has 35 heavy (non-hydrogen) atoms. The number of benzene rings is 2. The number of hydrogen-bond acceptors (Lipinski definition) is 6. The third kappa shape index (κ3) is 5.78. The molecule has 0 radical (unpaired) electrons. The van der Waals surface area contributed by atoms with Crippen LogP contribution >= 0.6 is 0 Å². The van der Waals surface area contributed by atoms with E-state index in [-0.39, 0.29) is 18.2 Å². The van der Waals surface area contributed by atoms with Gasteiger partial charge in [0.25, 0.3) is 11.8 Å². The van der Waals surface area contributed by atoms with Crippen molar-refractivity contribution in [1.29, 1.82) is 0 Å². The second-order valence-corrected chi connectivity index (χ2v) is 8.91. The second-order valence-electron chi connectivity index (χ2n) is 8.91. The van der Waals surface area contributed by atoms with Crippen LogP contribution in [0.15, 0.2) is 77.4 Å². The molecular formula is C25H25FN6O3. The van der Waals surface area contributed by atoms with E-state index in [1.165, 1.54) is 35.4 Å². The van der Waals surface area contributed by atoms with Crippen LogP contribution in [-0.4, -0.2) is 37.6 Å². The van der Waals surface area contributed by atoms with Crippen molar-refractivity contribution in [2.75, 3.05) is 4.90 Å². The van der Waals surface area contributed by atoms with Crippen LogP contribution in [-0.2, 0) is 16.1 Å². The summed E-state index contributed by atoms with van der Waals surface area (Å²) in [6.07, 6.45) is 1.45. The molecule has 0 saturated heterocycles. The van der Waals surface area contributed by atoms with Crippen LogP contribution in [0.1, 0.15) is 32.6 Å². The molecule has 4 rings (SSSR count). The predicted octanol–water partition coefficient (Wildman–Crippen LogP) is 3.76. The number of nitrogens with zero attached hydrogens (tertiary/aromatic N) is 5. The van der Waals surface area contributed by atoms with E-state index in [4.69, 9.17) is 4.42 Å². The summed E-state index contributed by atoms with van der Waals surface area (Å²) in [7, 11) is 0. The zero-order valence-corrected chi connectivity index (χ0v) is 19.6. The Balaban J connectivity index is 1.67. The molecule has 180 valence electrons. The van der Waals surface area contributed by atoms with Crippen molar-refractivity contribution in [2.45, 2.75) is 38.9 Å². The molecule has 0 aliphatic heterocycles. The molecule has 1 N–H and O–H groups in total. The highest BCUT2D eigenvalue weighted by Gasteiger charge is 2.36. The number of aromatic nitrogens is 4. The molecule has 2 aromatic carbocycles. The Labute approximate surface area is 201 Å². The van der Waals surface area contributed by atoms with Crippen LogP contribution in [0.5, 0.6) is 0 Å². The van der Waals surface area contributed by atoms with E-state index in [0.29, 0.717) is 17.0 Å². The molecule has 0 aliphatic carbocycles. The van der Waals surface area contributed by atoms with E-state index < -0.39 is 23.4 Å². The number of amides is 2. The van der Waals surface area contributed by atoms with Crippen LogP contribution in [0.2, 0.25) is 0 Å². The Morgan fingerprint density at radius 1 is 1.06 bits per heavy atom. The van der Waals surface area contributed by atoms with Crippen LogP contribution < -0.4 is 10.2 Å². The van der Waals surface area contributed by atoms with Gasteiger partial charge in [-0.05, 0) is 74.5 Å². The minimum atomic E-state index is -1.07. The summed E-state index contributed by atoms with van der Waals surface area (Å²) in [5, 5.41) is 15.1. The fourth-order valence-electron chi connectivity index (χ4n) is 3.51. The summed E-state index contributed by atoms with van der Waals surface area (Å²) in [5.41, 5.74) is 0.523. The Morgan fingerprint density at radius 3 is 2.40 bits per heavy atom. The van der Waals surface area contributed by atoms with Crippen LogP contribution in [0.4, 0.5) is 10.1 Å². The lowest BCUT2D eigenvalue weighted by Gasteiger charge is -2.32. The summed E-state index contributed by atoms with van der Waals surface area (Å²) in [6, 6.07) is 16.7. The van der Waals surface area contributed by atoms with Crippen molar-refractivity contribution in [3.63, 3.8) is 0 Å². The number of carbonyl (C=O) groups excluding carboxylic acids is 2. The largest absolute Gasteiger partial charge is 0.467 e. The zero-order chi connectivity index (χ0) is 25.0. The van der Waals surface area contributed by atoms with Gasteiger partial charge in [-0.25, -0.2) is 4.39 Å². The fourth-order valence-corrected chi connectivity index (χ4v) is 3.51. The monoisotopic (exact) mass is 476 g/mol. The average molecular weight is 477 g/mol. The Kier molecular flexibility index (Phi) is 6.72. The highest BCUT2D eigenvalue weighted by atomic mass is 19.1. The molecule has 9 nitrogen and oxygen atoms in total. The molecule has 10 heteroatoms. The molecule has 1 atom stereocenters. The lowest BCUT2D eigenvalue weighted by Crippen LogP contribution is -2.50. The highest BCUT2D eigenvalue weighted by Crippen LogP contribution is 2.29. The smallest absolute Gasteiger partial charge is 0.251 e. The van der Waals surface area contributed by atoms with Crippen LogP contribution in [0.25, 0.3) is 11.4 Å². The first-order valence-electron chi connectivity index (χ1n) is 11.0. The normalized spacial score (nSPS) is 12.2. The van der Waals surface area contributed by atoms with Gasteiger partial charge in [-0.15, -0.1) is 10.2 Å². The fraction of sp³-hybridized carbons (Fsp3) is 0.240. The van der Waals surface area contributed by atoms with Gasteiger partial charge in [0.1, 0.15) is 18.1 Å². The molecule has 0 bridgehead atoms. The van der Waals surface area contributed by atoms with E-state index in [2.05, 4.69) is 20.7 Å². The van der Waals surface area contributed by atoms with Gasteiger partial charge in [-0.2, -0.15) is 4.80 Å². The van der Waals surface area contributed by atoms with Gasteiger partial charge in [-0.3, -0.25) is 14.5 Å². The number of para-hydroxylation sites is 1. The van der Waals surface area contributed by atoms with E-state index in [9.17, 15) is 14.0 Å². The van der Waals surface area contributed by atoms with Gasteiger partial charge in [0.05, 0.1) is 6.26 Å². The summed E-state index contributed by atoms with van der Waals surface area (Å²) in [5.74, 6) is -0.681. The molecule has 0 fully saturated rings. The first-order valence-corrected chi connectivity index (χ1v) is 11.0. The van der Waals surface area contributed by atoms with E-state index in [1.54, 1.807) is 36.4 Å². The number of nitrogens with one attached hydrogen (secondary N) is 1. The number of tetrazole rings is 1. The lowest BCUT2D eigenvalue weighted by molar-refractivity contribution is -0.128. The average Bonchev–Trinajstić information content (AvgIpc) is 3.49. The number of rotatable bonds is 7. The SMILES string of the molecule is CC(C)(C)NC(=O)[C@H](c1ccco1)N(C(=O)Cn1nnc(-c2ccc(F)cc2)n1)c1ccccc1. The minimum absolute atomic E-state index is 0.247. The Hall–Kier alpha value is -4.34. The van der Waals surface area contributed by atoms with Crippen molar-refractivity contribution in [3.05, 3.63) is 84.6 Å². The molecule has 2 amide bonds. The topological polar surface area (TPSA) is 106 Å². The summed E-state index contributed by atoms with van der Waals surface area (Å²) in [6.45, 7) is 5.28. The first kappa shape index (κ1) is 23.8. The van der Waals surface area contributed by atoms with Crippen molar-refractivity contribution < 1.29 is 18.4 Å². The Morgan fingerprint density at radius 2 is 1.77 bits per heavy atom. The summed E-state index contributed by atoms with van der Waals surface area (Å²) in [4.78, 5) is 29.5. The number of halogens is 1. The standard InChI is InChI=1S/C25H25FN6O3/c1-25(2,3)27-24(34)22(20-10-7-15-35-20)32(19-8-5-4-6-9-19)21(33)16-31-29-23(28-30-31)17-11-13-18(26)14-12-17/h4-15,22H,16H2,1-3H3,(H,27,34)/t22-/m0/s1. The third-order valence-corrected chi connectivity index (χ3v) is 4.95. The molecule has 2 aromatic heterocycles. The summed E-state index contributed by atoms with van der Waals surface area (Å²) >= 11 is 0. The third-order valence-electron chi connectivity index (χ3n) is 4.95. The van der Waals surface area contributed by atoms with Gasteiger partial charge in [0.2, 0.25) is 5.82 Å². The molecule has 0 unspecified atom stereocenters. The number of carbonyl (C=O) groups is 2. The molecular weight excluding hydrogens is 451 g/mol. The van der Waals surface area contributed by atoms with E-state index in [0.717, 1.165) is 4.80 Å². The van der Waals surface area contributed by atoms with Crippen LogP contribution in [0, 0.1) is 5.82 Å². The van der Waals surface area contributed by atoms with Gasteiger partial charge >= 0.3 is 0 Å². The lowest BCUT2D eigenvalue weighted by atomic mass is 10.1. The van der Waals surface area contributed by atoms with Gasteiger partial charge in [0, 0.05) is 16.8 Å². The maximum absolute atomic E-state index is 13.6. The molecule has 4 aromatic rings.